The topological polar surface area (TPSA) is 65.3 Å². The monoisotopic (exact) mass is 272 g/mol. The van der Waals surface area contributed by atoms with Crippen LogP contribution in [0, 0.1) is 17.1 Å². The van der Waals surface area contributed by atoms with E-state index in [0.29, 0.717) is 11.3 Å². The molecule has 0 bridgehead atoms. The molecule has 1 unspecified atom stereocenters. The third kappa shape index (κ3) is 2.81. The number of anilines is 1. The van der Waals surface area contributed by atoms with Gasteiger partial charge in [-0.3, -0.25) is 0 Å². The van der Waals surface area contributed by atoms with Crippen LogP contribution in [0.25, 0.3) is 0 Å². The third-order valence-electron chi connectivity index (χ3n) is 2.84. The number of halogens is 1. The number of rotatable bonds is 4. The van der Waals surface area contributed by atoms with Gasteiger partial charge in [0.2, 0.25) is 0 Å². The normalized spacial score (nSPS) is 11.4. The molecule has 0 heterocycles. The molecular formula is C15H13FN2O2. The fourth-order valence-corrected chi connectivity index (χ4v) is 1.81. The van der Waals surface area contributed by atoms with E-state index in [4.69, 9.17) is 4.74 Å². The molecule has 0 aromatic heterocycles. The molecule has 0 aliphatic heterocycles. The molecule has 0 saturated carbocycles. The molecule has 102 valence electrons. The average Bonchev–Trinajstić information content (AvgIpc) is 2.46. The fourth-order valence-electron chi connectivity index (χ4n) is 1.81. The second-order valence-corrected chi connectivity index (χ2v) is 4.12. The molecule has 0 aliphatic rings. The van der Waals surface area contributed by atoms with Gasteiger partial charge in [0, 0.05) is 0 Å². The summed E-state index contributed by atoms with van der Waals surface area (Å²) in [6.07, 6.45) is 0. The number of phenols is 1. The molecule has 4 nitrogen and oxygen atoms in total. The number of nitrogens with one attached hydrogen (secondary N) is 1. The van der Waals surface area contributed by atoms with Gasteiger partial charge in [-0.2, -0.15) is 5.26 Å². The zero-order valence-corrected chi connectivity index (χ0v) is 10.8. The molecule has 2 aromatic rings. The summed E-state index contributed by atoms with van der Waals surface area (Å²) in [5, 5.41) is 21.7. The summed E-state index contributed by atoms with van der Waals surface area (Å²) in [7, 11) is 1.44. The first-order chi connectivity index (χ1) is 9.65. The smallest absolute Gasteiger partial charge is 0.160 e. The molecule has 0 amide bonds. The van der Waals surface area contributed by atoms with Crippen LogP contribution in [0.1, 0.15) is 11.6 Å². The van der Waals surface area contributed by atoms with Gasteiger partial charge in [0.25, 0.3) is 0 Å². The summed E-state index contributed by atoms with van der Waals surface area (Å²) >= 11 is 0. The van der Waals surface area contributed by atoms with Gasteiger partial charge in [0.15, 0.2) is 11.5 Å². The van der Waals surface area contributed by atoms with Crippen LogP contribution in [0.15, 0.2) is 42.5 Å². The van der Waals surface area contributed by atoms with Crippen molar-refractivity contribution < 1.29 is 14.2 Å². The van der Waals surface area contributed by atoms with E-state index in [1.807, 2.05) is 6.07 Å². The summed E-state index contributed by atoms with van der Waals surface area (Å²) in [6, 6.07) is 12.0. The first kappa shape index (κ1) is 13.7. The Balaban J connectivity index is 2.27. The van der Waals surface area contributed by atoms with Crippen molar-refractivity contribution in [2.75, 3.05) is 12.4 Å². The predicted molar refractivity (Wildman–Crippen MR) is 73.0 cm³/mol. The first-order valence-electron chi connectivity index (χ1n) is 5.93. The maximum Gasteiger partial charge on any atom is 0.160 e. The zero-order valence-electron chi connectivity index (χ0n) is 10.8. The third-order valence-corrected chi connectivity index (χ3v) is 2.84. The Labute approximate surface area is 116 Å². The molecule has 0 fully saturated rings. The minimum atomic E-state index is -0.774. The molecular weight excluding hydrogens is 259 g/mol. The molecule has 20 heavy (non-hydrogen) atoms. The number of methoxy groups -OCH3 is 1. The summed E-state index contributed by atoms with van der Waals surface area (Å²) in [6.45, 7) is 0. The Bertz CT molecular complexity index is 653. The summed E-state index contributed by atoms with van der Waals surface area (Å²) in [4.78, 5) is 0. The number of aromatic hydroxyl groups is 1. The largest absolute Gasteiger partial charge is 0.504 e. The average molecular weight is 272 g/mol. The van der Waals surface area contributed by atoms with E-state index in [2.05, 4.69) is 5.32 Å². The zero-order chi connectivity index (χ0) is 14.5. The van der Waals surface area contributed by atoms with E-state index < -0.39 is 11.9 Å². The Morgan fingerprint density at radius 3 is 2.65 bits per heavy atom. The van der Waals surface area contributed by atoms with Crippen molar-refractivity contribution in [1.82, 2.24) is 0 Å². The van der Waals surface area contributed by atoms with Gasteiger partial charge < -0.3 is 15.2 Å². The maximum absolute atomic E-state index is 13.6. The van der Waals surface area contributed by atoms with E-state index in [-0.39, 0.29) is 11.4 Å². The van der Waals surface area contributed by atoms with Crippen molar-refractivity contribution in [3.8, 4) is 17.6 Å². The number of nitriles is 1. The molecule has 1 atom stereocenters. The molecule has 2 rings (SSSR count). The molecule has 0 aliphatic carbocycles. The van der Waals surface area contributed by atoms with Crippen molar-refractivity contribution in [2.45, 2.75) is 6.04 Å². The van der Waals surface area contributed by atoms with Crippen LogP contribution in [-0.4, -0.2) is 12.2 Å². The number of para-hydroxylation sites is 1. The highest BCUT2D eigenvalue weighted by molar-refractivity contribution is 5.51. The maximum atomic E-state index is 13.6. The molecule has 0 radical (unpaired) electrons. The number of hydrogen-bond acceptors (Lipinski definition) is 4. The van der Waals surface area contributed by atoms with Crippen LogP contribution in [0.3, 0.4) is 0 Å². The standard InChI is InChI=1S/C15H13FN2O2/c1-20-15-7-6-10(8-14(15)19)13(9-17)18-12-5-3-2-4-11(12)16/h2-8,13,18-19H,1H3. The van der Waals surface area contributed by atoms with Crippen molar-refractivity contribution in [2.24, 2.45) is 0 Å². The molecule has 2 aromatic carbocycles. The van der Waals surface area contributed by atoms with E-state index in [0.717, 1.165) is 0 Å². The van der Waals surface area contributed by atoms with Gasteiger partial charge in [0.1, 0.15) is 11.9 Å². The van der Waals surface area contributed by atoms with Gasteiger partial charge in [-0.15, -0.1) is 0 Å². The van der Waals surface area contributed by atoms with Crippen molar-refractivity contribution in [3.05, 3.63) is 53.8 Å². The highest BCUT2D eigenvalue weighted by atomic mass is 19.1. The minimum Gasteiger partial charge on any atom is -0.504 e. The molecule has 2 N–H and O–H groups in total. The number of nitrogens with zero attached hydrogens (tertiary/aromatic N) is 1. The van der Waals surface area contributed by atoms with Gasteiger partial charge >= 0.3 is 0 Å². The number of benzene rings is 2. The summed E-state index contributed by atoms with van der Waals surface area (Å²) in [5.41, 5.74) is 0.753. The van der Waals surface area contributed by atoms with Crippen molar-refractivity contribution in [1.29, 1.82) is 5.26 Å². The van der Waals surface area contributed by atoms with Crippen LogP contribution in [-0.2, 0) is 0 Å². The molecule has 0 saturated heterocycles. The van der Waals surface area contributed by atoms with E-state index in [9.17, 15) is 14.8 Å². The van der Waals surface area contributed by atoms with Crippen molar-refractivity contribution in [3.63, 3.8) is 0 Å². The van der Waals surface area contributed by atoms with Crippen molar-refractivity contribution >= 4 is 5.69 Å². The molecule has 5 heteroatoms. The number of phenolic OH excluding ortho intramolecular Hbond substituents is 1. The van der Waals surface area contributed by atoms with E-state index in [1.165, 1.54) is 19.2 Å². The van der Waals surface area contributed by atoms with Gasteiger partial charge in [-0.25, -0.2) is 4.39 Å². The lowest BCUT2D eigenvalue weighted by Gasteiger charge is -2.15. The van der Waals surface area contributed by atoms with Gasteiger partial charge in [-0.05, 0) is 29.8 Å². The lowest BCUT2D eigenvalue weighted by atomic mass is 10.1. The van der Waals surface area contributed by atoms with Crippen LogP contribution < -0.4 is 10.1 Å². The Kier molecular flexibility index (Phi) is 4.06. The summed E-state index contributed by atoms with van der Waals surface area (Å²) < 4.78 is 18.5. The highest BCUT2D eigenvalue weighted by Gasteiger charge is 2.14. The predicted octanol–water partition coefficient (Wildman–Crippen LogP) is 3.22. The Hall–Kier alpha value is -2.74. The van der Waals surface area contributed by atoms with E-state index in [1.54, 1.807) is 30.3 Å². The Morgan fingerprint density at radius 1 is 1.30 bits per heavy atom. The van der Waals surface area contributed by atoms with Crippen LogP contribution in [0.4, 0.5) is 10.1 Å². The quantitative estimate of drug-likeness (QED) is 0.897. The highest BCUT2D eigenvalue weighted by Crippen LogP contribution is 2.30. The van der Waals surface area contributed by atoms with Gasteiger partial charge in [0.05, 0.1) is 18.9 Å². The van der Waals surface area contributed by atoms with E-state index >= 15 is 0 Å². The summed E-state index contributed by atoms with van der Waals surface area (Å²) in [5.74, 6) is -0.192. The number of hydrogen-bond donors (Lipinski definition) is 2. The molecule has 0 spiro atoms. The second kappa shape index (κ2) is 5.93. The Morgan fingerprint density at radius 2 is 2.05 bits per heavy atom. The first-order valence-corrected chi connectivity index (χ1v) is 5.93. The second-order valence-electron chi connectivity index (χ2n) is 4.12. The fraction of sp³-hybridized carbons (Fsp3) is 0.133. The lowest BCUT2D eigenvalue weighted by molar-refractivity contribution is 0.373. The SMILES string of the molecule is COc1ccc(C(C#N)Nc2ccccc2F)cc1O. The van der Waals surface area contributed by atoms with Crippen LogP contribution in [0.2, 0.25) is 0 Å². The van der Waals surface area contributed by atoms with Gasteiger partial charge in [-0.1, -0.05) is 18.2 Å². The number of ether oxygens (including phenoxy) is 1. The van der Waals surface area contributed by atoms with Crippen LogP contribution >= 0.6 is 0 Å². The lowest BCUT2D eigenvalue weighted by Crippen LogP contribution is -2.09. The minimum absolute atomic E-state index is 0.0689. The van der Waals surface area contributed by atoms with Crippen LogP contribution in [0.5, 0.6) is 11.5 Å².